The Labute approximate surface area is 195 Å². The monoisotopic (exact) mass is 501 g/mol. The summed E-state index contributed by atoms with van der Waals surface area (Å²) in [6.07, 6.45) is 2.63. The Bertz CT molecular complexity index is 1100. The quantitative estimate of drug-likeness (QED) is 0.488. The molecule has 2 unspecified atom stereocenters. The second-order valence-electron chi connectivity index (χ2n) is 9.52. The van der Waals surface area contributed by atoms with Crippen LogP contribution in [0, 0.1) is 11.3 Å². The van der Waals surface area contributed by atoms with E-state index in [9.17, 15) is 9.90 Å². The number of rotatable bonds is 5. The van der Waals surface area contributed by atoms with E-state index in [0.717, 1.165) is 33.4 Å². The second-order valence-corrected chi connectivity index (χ2v) is 11.4. The molecular weight excluding hydrogens is 474 g/mol. The number of nitrogens with two attached hydrogens (primary N) is 1. The third-order valence-corrected chi connectivity index (χ3v) is 8.02. The maximum atomic E-state index is 11.7. The molecule has 1 aliphatic carbocycles. The molecule has 3 N–H and O–H groups in total. The molecule has 2 aromatic heterocycles. The van der Waals surface area contributed by atoms with Crippen LogP contribution in [0.25, 0.3) is 10.3 Å². The summed E-state index contributed by atoms with van der Waals surface area (Å²) in [4.78, 5) is 21.8. The number of nitrogens with zero attached hydrogens (tertiary/aromatic N) is 2. The molecule has 0 aliphatic heterocycles. The van der Waals surface area contributed by atoms with Gasteiger partial charge in [0.25, 0.3) is 5.91 Å². The first-order valence-electron chi connectivity index (χ1n) is 10.6. The molecule has 4 rings (SSSR count). The van der Waals surface area contributed by atoms with E-state index in [1.165, 1.54) is 22.5 Å². The van der Waals surface area contributed by atoms with E-state index in [2.05, 4.69) is 72.0 Å². The van der Waals surface area contributed by atoms with Crippen molar-refractivity contribution in [3.05, 3.63) is 56.6 Å². The van der Waals surface area contributed by atoms with E-state index in [-0.39, 0.29) is 23.9 Å². The van der Waals surface area contributed by atoms with Crippen molar-refractivity contribution in [1.29, 1.82) is 0 Å². The van der Waals surface area contributed by atoms with Crippen molar-refractivity contribution in [3.8, 4) is 0 Å². The smallest absolute Gasteiger partial charge is 0.277 e. The van der Waals surface area contributed by atoms with Gasteiger partial charge in [-0.3, -0.25) is 4.79 Å². The number of amides is 1. The van der Waals surface area contributed by atoms with Gasteiger partial charge in [0.15, 0.2) is 5.01 Å². The van der Waals surface area contributed by atoms with Gasteiger partial charge in [-0.05, 0) is 65.8 Å². The van der Waals surface area contributed by atoms with Crippen molar-refractivity contribution in [3.63, 3.8) is 0 Å². The van der Waals surface area contributed by atoms with Crippen LogP contribution in [-0.4, -0.2) is 27.6 Å². The molecule has 1 aliphatic rings. The van der Waals surface area contributed by atoms with Crippen LogP contribution in [0.1, 0.15) is 72.1 Å². The number of thiazole rings is 1. The van der Waals surface area contributed by atoms with Gasteiger partial charge in [0.05, 0.1) is 0 Å². The van der Waals surface area contributed by atoms with Crippen LogP contribution in [0.15, 0.2) is 34.8 Å². The Balaban J connectivity index is 1.86. The zero-order valence-electron chi connectivity index (χ0n) is 18.1. The van der Waals surface area contributed by atoms with Gasteiger partial charge < -0.3 is 10.8 Å². The number of aliphatic hydroxyl groups excluding tert-OH is 1. The van der Waals surface area contributed by atoms with Crippen LogP contribution < -0.4 is 5.73 Å². The highest BCUT2D eigenvalue weighted by molar-refractivity contribution is 9.10. The number of aliphatic hydroxyl groups is 1. The van der Waals surface area contributed by atoms with Crippen molar-refractivity contribution in [1.82, 2.24) is 9.97 Å². The SMILES string of the molecule is CC(C)(C)C1Cc2cc3nc(C(N)=O)sc3nc2C([C@@H](CCO)c2ccc(Br)cc2)C1. The fraction of sp³-hybridized carbons (Fsp3) is 0.458. The topological polar surface area (TPSA) is 89.1 Å². The number of halogens is 1. The normalized spacial score (nSPS) is 19.9. The molecule has 3 aromatic rings. The van der Waals surface area contributed by atoms with E-state index in [1.54, 1.807) is 0 Å². The van der Waals surface area contributed by atoms with Crippen molar-refractivity contribution in [2.24, 2.45) is 17.1 Å². The first kappa shape index (κ1) is 22.4. The summed E-state index contributed by atoms with van der Waals surface area (Å²) in [6.45, 7) is 7.00. The summed E-state index contributed by atoms with van der Waals surface area (Å²) in [5.41, 5.74) is 9.85. The van der Waals surface area contributed by atoms with Gasteiger partial charge in [-0.1, -0.05) is 60.2 Å². The van der Waals surface area contributed by atoms with Gasteiger partial charge in [-0.2, -0.15) is 0 Å². The number of fused-ring (bicyclic) bond motifs is 2. The molecule has 1 aromatic carbocycles. The van der Waals surface area contributed by atoms with Crippen LogP contribution in [0.4, 0.5) is 0 Å². The molecule has 31 heavy (non-hydrogen) atoms. The van der Waals surface area contributed by atoms with E-state index in [0.29, 0.717) is 17.3 Å². The number of hydrogen-bond acceptors (Lipinski definition) is 5. The minimum atomic E-state index is -0.516. The van der Waals surface area contributed by atoms with Crippen LogP contribution in [-0.2, 0) is 6.42 Å². The van der Waals surface area contributed by atoms with Crippen molar-refractivity contribution >= 4 is 43.5 Å². The van der Waals surface area contributed by atoms with E-state index < -0.39 is 5.91 Å². The molecule has 0 fully saturated rings. The summed E-state index contributed by atoms with van der Waals surface area (Å²) in [5.74, 6) is 0.313. The summed E-state index contributed by atoms with van der Waals surface area (Å²) >= 11 is 4.78. The fourth-order valence-electron chi connectivity index (χ4n) is 4.74. The lowest BCUT2D eigenvalue weighted by Gasteiger charge is -2.41. The summed E-state index contributed by atoms with van der Waals surface area (Å²) < 4.78 is 1.04. The molecule has 7 heteroatoms. The zero-order valence-corrected chi connectivity index (χ0v) is 20.5. The largest absolute Gasteiger partial charge is 0.396 e. The molecule has 0 saturated heterocycles. The molecule has 0 spiro atoms. The third-order valence-electron chi connectivity index (χ3n) is 6.51. The lowest BCUT2D eigenvalue weighted by atomic mass is 9.64. The standard InChI is InChI=1S/C24H28BrN3O2S/c1-24(2,3)15-10-14-11-19-22(31-23(27-19)21(26)30)28-20(14)18(12-15)17(8-9-29)13-4-6-16(25)7-5-13/h4-7,11,15,17-18,29H,8-10,12H2,1-3H3,(H2,26,30)/t15?,17-,18?/m0/s1. The van der Waals surface area contributed by atoms with Gasteiger partial charge in [-0.25, -0.2) is 9.97 Å². The van der Waals surface area contributed by atoms with Crippen LogP contribution >= 0.6 is 27.3 Å². The summed E-state index contributed by atoms with van der Waals surface area (Å²) in [7, 11) is 0. The number of benzene rings is 1. The molecule has 0 radical (unpaired) electrons. The van der Waals surface area contributed by atoms with Crippen LogP contribution in [0.5, 0.6) is 0 Å². The first-order chi connectivity index (χ1) is 14.7. The van der Waals surface area contributed by atoms with E-state index in [1.807, 2.05) is 0 Å². The van der Waals surface area contributed by atoms with Gasteiger partial charge >= 0.3 is 0 Å². The highest BCUT2D eigenvalue weighted by Crippen LogP contribution is 2.49. The number of primary amides is 1. The predicted molar refractivity (Wildman–Crippen MR) is 129 cm³/mol. The molecular formula is C24H28BrN3O2S. The van der Waals surface area contributed by atoms with Crippen molar-refractivity contribution < 1.29 is 9.90 Å². The molecule has 0 saturated carbocycles. The summed E-state index contributed by atoms with van der Waals surface area (Å²) in [5, 5.41) is 10.2. The highest BCUT2D eigenvalue weighted by atomic mass is 79.9. The lowest BCUT2D eigenvalue weighted by molar-refractivity contribution is 0.1000. The Hall–Kier alpha value is -1.83. The van der Waals surface area contributed by atoms with Crippen molar-refractivity contribution in [2.75, 3.05) is 6.61 Å². The number of carbonyl (C=O) groups excluding carboxylic acids is 1. The predicted octanol–water partition coefficient (Wildman–Crippen LogP) is 5.41. The summed E-state index contributed by atoms with van der Waals surface area (Å²) in [6, 6.07) is 10.5. The van der Waals surface area contributed by atoms with Gasteiger partial charge in [0.1, 0.15) is 10.3 Å². The highest BCUT2D eigenvalue weighted by Gasteiger charge is 2.39. The number of aromatic nitrogens is 2. The van der Waals surface area contributed by atoms with E-state index in [4.69, 9.17) is 10.7 Å². The molecule has 5 nitrogen and oxygen atoms in total. The van der Waals surface area contributed by atoms with Gasteiger partial charge in [0, 0.05) is 22.7 Å². The number of hydrogen-bond donors (Lipinski definition) is 2. The minimum Gasteiger partial charge on any atom is -0.396 e. The molecule has 2 heterocycles. The number of carbonyl (C=O) groups is 1. The fourth-order valence-corrected chi connectivity index (χ4v) is 5.78. The Morgan fingerprint density at radius 2 is 2.00 bits per heavy atom. The average Bonchev–Trinajstić information content (AvgIpc) is 3.13. The molecule has 3 atom stereocenters. The lowest BCUT2D eigenvalue weighted by Crippen LogP contribution is -2.32. The number of pyridine rings is 1. The van der Waals surface area contributed by atoms with Gasteiger partial charge in [-0.15, -0.1) is 0 Å². The van der Waals surface area contributed by atoms with Crippen LogP contribution in [0.3, 0.4) is 0 Å². The van der Waals surface area contributed by atoms with E-state index >= 15 is 0 Å². The van der Waals surface area contributed by atoms with Crippen molar-refractivity contribution in [2.45, 2.75) is 51.9 Å². The molecule has 0 bridgehead atoms. The Kier molecular flexibility index (Phi) is 6.21. The molecule has 1 amide bonds. The maximum Gasteiger partial charge on any atom is 0.277 e. The minimum absolute atomic E-state index is 0.126. The Morgan fingerprint density at radius 3 is 2.61 bits per heavy atom. The zero-order chi connectivity index (χ0) is 22.3. The first-order valence-corrected chi connectivity index (χ1v) is 12.2. The second kappa shape index (κ2) is 8.60. The third kappa shape index (κ3) is 4.54. The average molecular weight is 502 g/mol. The van der Waals surface area contributed by atoms with Gasteiger partial charge in [0.2, 0.25) is 0 Å². The van der Waals surface area contributed by atoms with Crippen LogP contribution in [0.2, 0.25) is 0 Å². The molecule has 164 valence electrons. The Morgan fingerprint density at radius 1 is 1.29 bits per heavy atom. The maximum absolute atomic E-state index is 11.7.